The molecule has 17 heavy (non-hydrogen) atoms. The van der Waals surface area contributed by atoms with Gasteiger partial charge in [-0.15, -0.1) is 0 Å². The Kier molecular flexibility index (Phi) is 2.93. The fraction of sp³-hybridized carbons (Fsp3) is 0.273. The molecule has 6 heteroatoms. The number of aliphatic carboxylic acids is 1. The van der Waals surface area contributed by atoms with Gasteiger partial charge >= 0.3 is 5.97 Å². The second-order valence-electron chi connectivity index (χ2n) is 3.52. The van der Waals surface area contributed by atoms with Gasteiger partial charge in [0.1, 0.15) is 13.2 Å². The number of carboxylic acids is 1. The van der Waals surface area contributed by atoms with Gasteiger partial charge in [-0.1, -0.05) is 11.6 Å². The summed E-state index contributed by atoms with van der Waals surface area (Å²) in [5.41, 5.74) is 0.425. The van der Waals surface area contributed by atoms with E-state index < -0.39 is 11.8 Å². The Bertz CT molecular complexity index is 509. The Hall–Kier alpha value is -1.75. The van der Waals surface area contributed by atoms with Gasteiger partial charge in [-0.25, -0.2) is 4.79 Å². The highest BCUT2D eigenvalue weighted by Gasteiger charge is 2.25. The zero-order valence-corrected chi connectivity index (χ0v) is 9.71. The van der Waals surface area contributed by atoms with E-state index in [0.29, 0.717) is 30.3 Å². The van der Waals surface area contributed by atoms with E-state index in [1.54, 1.807) is 6.92 Å². The highest BCUT2D eigenvalue weighted by Crippen LogP contribution is 2.39. The Balaban J connectivity index is 2.59. The molecule has 1 aliphatic heterocycles. The molecule has 0 aliphatic carbocycles. The molecule has 90 valence electrons. The van der Waals surface area contributed by atoms with Crippen molar-refractivity contribution in [1.29, 1.82) is 0 Å². The van der Waals surface area contributed by atoms with E-state index in [1.165, 1.54) is 6.07 Å². The van der Waals surface area contributed by atoms with Crippen molar-refractivity contribution < 1.29 is 24.2 Å². The van der Waals surface area contributed by atoms with Gasteiger partial charge in [0.15, 0.2) is 11.5 Å². The predicted molar refractivity (Wildman–Crippen MR) is 59.1 cm³/mol. The molecular formula is C11H9ClO5. The van der Waals surface area contributed by atoms with Crippen LogP contribution in [0, 0.1) is 6.92 Å². The summed E-state index contributed by atoms with van der Waals surface area (Å²) in [7, 11) is 0. The van der Waals surface area contributed by atoms with E-state index in [0.717, 1.165) is 0 Å². The predicted octanol–water partition coefficient (Wildman–Crippen LogP) is 1.69. The second-order valence-corrected chi connectivity index (χ2v) is 3.90. The second kappa shape index (κ2) is 4.25. The van der Waals surface area contributed by atoms with Gasteiger partial charge in [0.2, 0.25) is 0 Å². The van der Waals surface area contributed by atoms with Crippen LogP contribution < -0.4 is 9.47 Å². The molecule has 0 atom stereocenters. The van der Waals surface area contributed by atoms with Crippen LogP contribution in [0.2, 0.25) is 5.02 Å². The summed E-state index contributed by atoms with van der Waals surface area (Å²) in [5, 5.41) is 8.76. The molecule has 0 saturated carbocycles. The molecule has 0 unspecified atom stereocenters. The van der Waals surface area contributed by atoms with Crippen molar-refractivity contribution >= 4 is 23.4 Å². The minimum atomic E-state index is -1.55. The molecule has 1 aliphatic rings. The van der Waals surface area contributed by atoms with Crippen molar-refractivity contribution in [3.05, 3.63) is 22.2 Å². The first kappa shape index (κ1) is 11.7. The summed E-state index contributed by atoms with van der Waals surface area (Å²) >= 11 is 5.95. The normalized spacial score (nSPS) is 13.3. The molecular weight excluding hydrogens is 248 g/mol. The summed E-state index contributed by atoms with van der Waals surface area (Å²) in [4.78, 5) is 22.1. The fourth-order valence-electron chi connectivity index (χ4n) is 1.61. The van der Waals surface area contributed by atoms with E-state index in [9.17, 15) is 9.59 Å². The quantitative estimate of drug-likeness (QED) is 0.644. The number of ether oxygens (including phenoxy) is 2. The lowest BCUT2D eigenvalue weighted by Gasteiger charge is -2.21. The van der Waals surface area contributed by atoms with E-state index in [-0.39, 0.29) is 10.6 Å². The molecule has 0 aromatic heterocycles. The number of fused-ring (bicyclic) bond motifs is 1. The maximum Gasteiger partial charge on any atom is 0.377 e. The van der Waals surface area contributed by atoms with Gasteiger partial charge in [0.25, 0.3) is 5.78 Å². The van der Waals surface area contributed by atoms with Crippen molar-refractivity contribution in [3.63, 3.8) is 0 Å². The van der Waals surface area contributed by atoms with E-state index >= 15 is 0 Å². The lowest BCUT2D eigenvalue weighted by atomic mass is 10.1. The molecule has 0 saturated heterocycles. The number of carbonyl (C=O) groups is 2. The number of ketones is 1. The Morgan fingerprint density at radius 2 is 2.00 bits per heavy atom. The van der Waals surface area contributed by atoms with Crippen LogP contribution in [-0.4, -0.2) is 30.1 Å². The number of hydrogen-bond donors (Lipinski definition) is 1. The Morgan fingerprint density at radius 1 is 1.35 bits per heavy atom. The van der Waals surface area contributed by atoms with Crippen LogP contribution in [0.3, 0.4) is 0 Å². The lowest BCUT2D eigenvalue weighted by Crippen LogP contribution is -2.19. The third-order valence-electron chi connectivity index (χ3n) is 2.43. The first-order chi connectivity index (χ1) is 8.02. The zero-order chi connectivity index (χ0) is 12.6. The number of carboxylic acid groups (broad SMARTS) is 1. The molecule has 2 rings (SSSR count). The number of rotatable bonds is 2. The molecule has 0 fully saturated rings. The molecule has 0 radical (unpaired) electrons. The standard InChI is InChI=1S/C11H9ClO5/c1-5-8(12)6(9(13)11(14)15)4-7-10(5)17-3-2-16-7/h4H,2-3H2,1H3,(H,14,15). The van der Waals surface area contributed by atoms with Crippen LogP contribution in [0.4, 0.5) is 0 Å². The molecule has 0 bridgehead atoms. The van der Waals surface area contributed by atoms with Crippen LogP contribution in [0.5, 0.6) is 11.5 Å². The van der Waals surface area contributed by atoms with Gasteiger partial charge in [-0.3, -0.25) is 4.79 Å². The third kappa shape index (κ3) is 1.93. The largest absolute Gasteiger partial charge is 0.486 e. The maximum atomic E-state index is 11.4. The summed E-state index contributed by atoms with van der Waals surface area (Å²) in [6.45, 7) is 2.40. The smallest absolute Gasteiger partial charge is 0.377 e. The van der Waals surface area contributed by atoms with Gasteiger partial charge in [-0.2, -0.15) is 0 Å². The topological polar surface area (TPSA) is 72.8 Å². The lowest BCUT2D eigenvalue weighted by molar-refractivity contribution is -0.131. The van der Waals surface area contributed by atoms with Crippen molar-refractivity contribution in [2.45, 2.75) is 6.92 Å². The average Bonchev–Trinajstić information content (AvgIpc) is 2.33. The molecule has 1 aromatic rings. The minimum Gasteiger partial charge on any atom is -0.486 e. The van der Waals surface area contributed by atoms with E-state index in [1.807, 2.05) is 0 Å². The monoisotopic (exact) mass is 256 g/mol. The molecule has 1 heterocycles. The van der Waals surface area contributed by atoms with Gasteiger partial charge < -0.3 is 14.6 Å². The molecule has 1 N–H and O–H groups in total. The van der Waals surface area contributed by atoms with Crippen LogP contribution in [-0.2, 0) is 4.79 Å². The summed E-state index contributed by atoms with van der Waals surface area (Å²) in [5.74, 6) is -1.80. The average molecular weight is 257 g/mol. The highest BCUT2D eigenvalue weighted by molar-refractivity contribution is 6.45. The van der Waals surface area contributed by atoms with Crippen molar-refractivity contribution in [2.75, 3.05) is 13.2 Å². The van der Waals surface area contributed by atoms with Crippen molar-refractivity contribution in [2.24, 2.45) is 0 Å². The highest BCUT2D eigenvalue weighted by atomic mass is 35.5. The number of carbonyl (C=O) groups excluding carboxylic acids is 1. The fourth-order valence-corrected chi connectivity index (χ4v) is 1.84. The molecule has 0 amide bonds. The van der Waals surface area contributed by atoms with Crippen LogP contribution in [0.15, 0.2) is 6.07 Å². The first-order valence-electron chi connectivity index (χ1n) is 4.88. The number of benzene rings is 1. The zero-order valence-electron chi connectivity index (χ0n) is 8.95. The van der Waals surface area contributed by atoms with Gasteiger partial charge in [-0.05, 0) is 13.0 Å². The van der Waals surface area contributed by atoms with E-state index in [2.05, 4.69) is 0 Å². The summed E-state index contributed by atoms with van der Waals surface area (Å²) < 4.78 is 10.7. The third-order valence-corrected chi connectivity index (χ3v) is 2.92. The first-order valence-corrected chi connectivity index (χ1v) is 5.26. The maximum absolute atomic E-state index is 11.4. The Morgan fingerprint density at radius 3 is 2.65 bits per heavy atom. The molecule has 1 aromatic carbocycles. The van der Waals surface area contributed by atoms with Gasteiger partial charge in [0, 0.05) is 5.56 Å². The number of Topliss-reactive ketones (excluding diaryl/α,β-unsaturated/α-hetero) is 1. The Labute approximate surface area is 102 Å². The van der Waals surface area contributed by atoms with Crippen molar-refractivity contribution in [1.82, 2.24) is 0 Å². The van der Waals surface area contributed by atoms with Gasteiger partial charge in [0.05, 0.1) is 10.6 Å². The number of hydrogen-bond acceptors (Lipinski definition) is 4. The minimum absolute atomic E-state index is 0.0825. The van der Waals surface area contributed by atoms with Crippen molar-refractivity contribution in [3.8, 4) is 11.5 Å². The molecule has 0 spiro atoms. The number of halogens is 1. The van der Waals surface area contributed by atoms with Crippen LogP contribution in [0.25, 0.3) is 0 Å². The summed E-state index contributed by atoms with van der Waals surface area (Å²) in [6.07, 6.45) is 0. The van der Waals surface area contributed by atoms with E-state index in [4.69, 9.17) is 26.2 Å². The summed E-state index contributed by atoms with van der Waals surface area (Å²) in [6, 6.07) is 1.31. The SMILES string of the molecule is Cc1c(Cl)c(C(=O)C(=O)O)cc2c1OCCO2. The van der Waals surface area contributed by atoms with Crippen LogP contribution >= 0.6 is 11.6 Å². The molecule has 5 nitrogen and oxygen atoms in total. The van der Waals surface area contributed by atoms with Crippen LogP contribution in [0.1, 0.15) is 15.9 Å².